The number of aromatic hydroxyl groups is 1. The number of hydrogen-bond acceptors (Lipinski definition) is 3. The van der Waals surface area contributed by atoms with Gasteiger partial charge in [-0.1, -0.05) is 0 Å². The molecule has 0 aromatic heterocycles. The number of phenolic OH excluding ortho intramolecular Hbond substituents is 1. The van der Waals surface area contributed by atoms with Gasteiger partial charge in [0.15, 0.2) is 0 Å². The minimum Gasteiger partial charge on any atom is -0.507 e. The average Bonchev–Trinajstić information content (AvgIpc) is 2.43. The summed E-state index contributed by atoms with van der Waals surface area (Å²) in [6, 6.07) is 9.05. The summed E-state index contributed by atoms with van der Waals surface area (Å²) < 4.78 is 1.23. The molecule has 0 aliphatic rings. The molecule has 0 saturated carbocycles. The molecule has 5 nitrogen and oxygen atoms in total. The number of carboxylic acids is 1. The Hall–Kier alpha value is -1.61. The van der Waals surface area contributed by atoms with Crippen molar-refractivity contribution < 1.29 is 19.8 Å². The molecule has 0 fully saturated rings. The van der Waals surface area contributed by atoms with Crippen molar-refractivity contribution in [2.75, 3.05) is 5.32 Å². The summed E-state index contributed by atoms with van der Waals surface area (Å²) in [4.78, 5) is 23.3. The van der Waals surface area contributed by atoms with Gasteiger partial charge >= 0.3 is 5.97 Å². The molecule has 1 amide bonds. The van der Waals surface area contributed by atoms with Crippen molar-refractivity contribution in [2.45, 2.75) is 0 Å². The fraction of sp³-hybridized carbons (Fsp3) is 0. The van der Waals surface area contributed by atoms with E-state index in [1.165, 1.54) is 30.3 Å². The van der Waals surface area contributed by atoms with E-state index in [9.17, 15) is 14.7 Å². The third-order valence-electron chi connectivity index (χ3n) is 2.67. The smallest absolute Gasteiger partial charge is 0.337 e. The number of halogens is 2. The van der Waals surface area contributed by atoms with Crippen LogP contribution in [-0.2, 0) is 0 Å². The minimum absolute atomic E-state index is 0.0107. The molecule has 0 heterocycles. The lowest BCUT2D eigenvalue weighted by Gasteiger charge is -2.09. The van der Waals surface area contributed by atoms with E-state index < -0.39 is 11.9 Å². The Kier molecular flexibility index (Phi) is 4.84. The van der Waals surface area contributed by atoms with Crippen LogP contribution < -0.4 is 5.32 Å². The van der Waals surface area contributed by atoms with E-state index in [1.807, 2.05) is 22.6 Å². The van der Waals surface area contributed by atoms with Gasteiger partial charge in [0.1, 0.15) is 5.75 Å². The highest BCUT2D eigenvalue weighted by atomic mass is 127. The normalized spacial score (nSPS) is 10.2. The van der Waals surface area contributed by atoms with E-state index in [4.69, 9.17) is 5.11 Å². The van der Waals surface area contributed by atoms with Gasteiger partial charge in [-0.3, -0.25) is 4.79 Å². The molecular formula is C14H9BrINO4. The van der Waals surface area contributed by atoms with Crippen LogP contribution in [0.3, 0.4) is 0 Å². The number of nitrogens with one attached hydrogen (secondary N) is 1. The number of rotatable bonds is 3. The minimum atomic E-state index is -1.12. The van der Waals surface area contributed by atoms with Crippen molar-refractivity contribution in [1.82, 2.24) is 0 Å². The predicted molar refractivity (Wildman–Crippen MR) is 89.9 cm³/mol. The number of aromatic carboxylic acids is 1. The molecule has 0 unspecified atom stereocenters. The standard InChI is InChI=1S/C14H9BrINO4/c15-10-3-1-7(5-12(10)18)13(19)17-11-4-2-8(16)6-9(11)14(20)21/h1-6,18H,(H,17,19)(H,20,21). The zero-order valence-electron chi connectivity index (χ0n) is 10.4. The number of amides is 1. The van der Waals surface area contributed by atoms with E-state index in [0.29, 0.717) is 4.47 Å². The zero-order chi connectivity index (χ0) is 15.6. The molecule has 0 radical (unpaired) electrons. The number of anilines is 1. The molecule has 0 spiro atoms. The van der Waals surface area contributed by atoms with Crippen LogP contribution in [0.2, 0.25) is 0 Å². The molecule has 2 rings (SSSR count). The maximum Gasteiger partial charge on any atom is 0.337 e. The van der Waals surface area contributed by atoms with E-state index in [2.05, 4.69) is 21.2 Å². The monoisotopic (exact) mass is 461 g/mol. The molecule has 21 heavy (non-hydrogen) atoms. The van der Waals surface area contributed by atoms with E-state index in [0.717, 1.165) is 3.57 Å². The van der Waals surface area contributed by atoms with Gasteiger partial charge in [-0.25, -0.2) is 4.79 Å². The second kappa shape index (κ2) is 6.44. The van der Waals surface area contributed by atoms with Crippen molar-refractivity contribution in [1.29, 1.82) is 0 Å². The third kappa shape index (κ3) is 3.73. The van der Waals surface area contributed by atoms with Crippen LogP contribution in [0.25, 0.3) is 0 Å². The van der Waals surface area contributed by atoms with Crippen LogP contribution in [-0.4, -0.2) is 22.1 Å². The lowest BCUT2D eigenvalue weighted by atomic mass is 10.1. The van der Waals surface area contributed by atoms with Crippen LogP contribution in [0.5, 0.6) is 5.75 Å². The van der Waals surface area contributed by atoms with Gasteiger partial charge in [0, 0.05) is 9.13 Å². The van der Waals surface area contributed by atoms with Crippen molar-refractivity contribution >= 4 is 56.1 Å². The van der Waals surface area contributed by atoms with Crippen molar-refractivity contribution in [3.63, 3.8) is 0 Å². The highest BCUT2D eigenvalue weighted by molar-refractivity contribution is 14.1. The molecular weight excluding hydrogens is 453 g/mol. The second-order valence-corrected chi connectivity index (χ2v) is 6.22. The lowest BCUT2D eigenvalue weighted by Crippen LogP contribution is -2.15. The Morgan fingerprint density at radius 1 is 1.14 bits per heavy atom. The number of hydrogen-bond donors (Lipinski definition) is 3. The highest BCUT2D eigenvalue weighted by Crippen LogP contribution is 2.25. The molecule has 0 saturated heterocycles. The van der Waals surface area contributed by atoms with E-state index in [1.54, 1.807) is 6.07 Å². The van der Waals surface area contributed by atoms with Gasteiger partial charge in [0.2, 0.25) is 0 Å². The molecule has 108 valence electrons. The number of phenols is 1. The molecule has 2 aromatic carbocycles. The molecule has 0 aliphatic heterocycles. The number of carbonyl (C=O) groups excluding carboxylic acids is 1. The maximum atomic E-state index is 12.1. The van der Waals surface area contributed by atoms with Gasteiger partial charge in [0.05, 0.1) is 15.7 Å². The summed E-state index contributed by atoms with van der Waals surface area (Å²) in [5.74, 6) is -1.69. The SMILES string of the molecule is O=C(Nc1ccc(I)cc1C(=O)O)c1ccc(Br)c(O)c1. The average molecular weight is 462 g/mol. The quantitative estimate of drug-likeness (QED) is 0.608. The first-order valence-electron chi connectivity index (χ1n) is 5.71. The van der Waals surface area contributed by atoms with Crippen molar-refractivity contribution in [3.05, 3.63) is 55.6 Å². The lowest BCUT2D eigenvalue weighted by molar-refractivity contribution is 0.0698. The fourth-order valence-corrected chi connectivity index (χ4v) is 2.39. The highest BCUT2D eigenvalue weighted by Gasteiger charge is 2.14. The Morgan fingerprint density at radius 2 is 1.86 bits per heavy atom. The molecule has 2 aromatic rings. The summed E-state index contributed by atoms with van der Waals surface area (Å²) >= 11 is 5.12. The van der Waals surface area contributed by atoms with Crippen LogP contribution >= 0.6 is 38.5 Å². The Morgan fingerprint density at radius 3 is 2.48 bits per heavy atom. The van der Waals surface area contributed by atoms with Gasteiger partial charge < -0.3 is 15.5 Å². The molecule has 0 atom stereocenters. The summed E-state index contributed by atoms with van der Waals surface area (Å²) in [7, 11) is 0. The molecule has 3 N–H and O–H groups in total. The van der Waals surface area contributed by atoms with Crippen LogP contribution in [0.15, 0.2) is 40.9 Å². The van der Waals surface area contributed by atoms with Crippen LogP contribution in [0.1, 0.15) is 20.7 Å². The van der Waals surface area contributed by atoms with Crippen LogP contribution in [0.4, 0.5) is 5.69 Å². The van der Waals surface area contributed by atoms with Crippen molar-refractivity contribution in [3.8, 4) is 5.75 Å². The maximum absolute atomic E-state index is 12.1. The van der Waals surface area contributed by atoms with Gasteiger partial charge in [-0.2, -0.15) is 0 Å². The summed E-state index contributed by atoms with van der Waals surface area (Å²) in [6.07, 6.45) is 0. The van der Waals surface area contributed by atoms with Gasteiger partial charge in [-0.05, 0) is 74.9 Å². The van der Waals surface area contributed by atoms with Crippen molar-refractivity contribution in [2.24, 2.45) is 0 Å². The zero-order valence-corrected chi connectivity index (χ0v) is 14.2. The summed E-state index contributed by atoms with van der Waals surface area (Å²) in [5, 5.41) is 21.3. The molecule has 0 bridgehead atoms. The summed E-state index contributed by atoms with van der Waals surface area (Å²) in [6.45, 7) is 0. The number of benzene rings is 2. The fourth-order valence-electron chi connectivity index (χ4n) is 1.65. The van der Waals surface area contributed by atoms with Gasteiger partial charge in [0.25, 0.3) is 5.91 Å². The predicted octanol–water partition coefficient (Wildman–Crippen LogP) is 3.71. The van der Waals surface area contributed by atoms with Crippen LogP contribution in [0, 0.1) is 3.57 Å². The van der Waals surface area contributed by atoms with E-state index in [-0.39, 0.29) is 22.6 Å². The summed E-state index contributed by atoms with van der Waals surface area (Å²) in [5.41, 5.74) is 0.442. The third-order valence-corrected chi connectivity index (χ3v) is 4.01. The largest absolute Gasteiger partial charge is 0.507 e. The topological polar surface area (TPSA) is 86.6 Å². The Balaban J connectivity index is 2.31. The second-order valence-electron chi connectivity index (χ2n) is 4.12. The molecule has 0 aliphatic carbocycles. The number of carbonyl (C=O) groups is 2. The van der Waals surface area contributed by atoms with E-state index >= 15 is 0 Å². The number of carboxylic acid groups (broad SMARTS) is 1. The first kappa shape index (κ1) is 15.8. The first-order valence-corrected chi connectivity index (χ1v) is 7.58. The Labute approximate surface area is 142 Å². The first-order chi connectivity index (χ1) is 9.88. The Bertz CT molecular complexity index is 733. The van der Waals surface area contributed by atoms with Gasteiger partial charge in [-0.15, -0.1) is 0 Å². The molecule has 7 heteroatoms.